The van der Waals surface area contributed by atoms with Gasteiger partial charge in [0.25, 0.3) is 0 Å². The van der Waals surface area contributed by atoms with Crippen LogP contribution in [0.25, 0.3) is 0 Å². The number of benzene rings is 1. The molecule has 34 heavy (non-hydrogen) atoms. The van der Waals surface area contributed by atoms with Gasteiger partial charge in [0.15, 0.2) is 15.0 Å². The summed E-state index contributed by atoms with van der Waals surface area (Å²) >= 11 is 1.19. The first-order chi connectivity index (χ1) is 16.1. The van der Waals surface area contributed by atoms with Crippen LogP contribution in [0.5, 0.6) is 0 Å². The summed E-state index contributed by atoms with van der Waals surface area (Å²) in [7, 11) is -3.60. The van der Waals surface area contributed by atoms with Crippen molar-refractivity contribution in [2.24, 2.45) is 0 Å². The Morgan fingerprint density at radius 2 is 1.88 bits per heavy atom. The fourth-order valence-corrected chi connectivity index (χ4v) is 5.63. The van der Waals surface area contributed by atoms with Crippen LogP contribution in [0, 0.1) is 32.1 Å². The van der Waals surface area contributed by atoms with E-state index in [2.05, 4.69) is 21.6 Å². The van der Waals surface area contributed by atoms with Gasteiger partial charge >= 0.3 is 0 Å². The lowest BCUT2D eigenvalue weighted by molar-refractivity contribution is -0.115. The highest BCUT2D eigenvalue weighted by Crippen LogP contribution is 2.29. The number of carbonyl (C=O) groups is 1. The van der Waals surface area contributed by atoms with Crippen molar-refractivity contribution < 1.29 is 17.6 Å². The number of carbonyl (C=O) groups excluding carboxylic acids is 1. The Morgan fingerprint density at radius 3 is 2.47 bits per heavy atom. The third kappa shape index (κ3) is 5.34. The standard InChI is InChI=1S/C23H27N5O4S2/c1-6-19(21(29)25-22-18(12-24)15(4)16(5)32-22)33-23-27-26-20(28(23)7-2)13-34(30,31)17-10-8-14(3)9-11-17/h8-11,19H,6-7,13H2,1-5H3,(H,25,29). The van der Waals surface area contributed by atoms with E-state index in [9.17, 15) is 18.5 Å². The van der Waals surface area contributed by atoms with Crippen molar-refractivity contribution in [3.8, 4) is 6.07 Å². The quantitative estimate of drug-likeness (QED) is 0.432. The largest absolute Gasteiger partial charge is 0.444 e. The van der Waals surface area contributed by atoms with Gasteiger partial charge in [-0.3, -0.25) is 10.1 Å². The lowest BCUT2D eigenvalue weighted by atomic mass is 10.2. The van der Waals surface area contributed by atoms with E-state index in [1.165, 1.54) is 11.8 Å². The fourth-order valence-electron chi connectivity index (χ4n) is 3.32. The Labute approximate surface area is 203 Å². The number of anilines is 1. The molecule has 1 aromatic carbocycles. The zero-order valence-corrected chi connectivity index (χ0v) is 21.4. The van der Waals surface area contributed by atoms with Crippen LogP contribution in [0.15, 0.2) is 38.7 Å². The molecule has 1 atom stereocenters. The van der Waals surface area contributed by atoms with Gasteiger partial charge in [0.05, 0.1) is 10.1 Å². The van der Waals surface area contributed by atoms with Crippen molar-refractivity contribution >= 4 is 33.4 Å². The average Bonchev–Trinajstić information content (AvgIpc) is 3.30. The molecule has 1 amide bonds. The van der Waals surface area contributed by atoms with E-state index >= 15 is 0 Å². The van der Waals surface area contributed by atoms with Gasteiger partial charge in [-0.15, -0.1) is 10.2 Å². The molecule has 0 radical (unpaired) electrons. The molecule has 0 saturated carbocycles. The molecule has 180 valence electrons. The third-order valence-corrected chi connectivity index (χ3v) is 8.43. The van der Waals surface area contributed by atoms with Crippen LogP contribution in [0.4, 0.5) is 5.88 Å². The van der Waals surface area contributed by atoms with Gasteiger partial charge in [-0.05, 0) is 46.2 Å². The molecule has 0 spiro atoms. The molecular formula is C23H27N5O4S2. The molecule has 0 aliphatic heterocycles. The summed E-state index contributed by atoms with van der Waals surface area (Å²) < 4.78 is 33.0. The van der Waals surface area contributed by atoms with Crippen LogP contribution in [-0.2, 0) is 26.9 Å². The second kappa shape index (κ2) is 10.4. The van der Waals surface area contributed by atoms with Crippen LogP contribution in [0.3, 0.4) is 0 Å². The number of aromatic nitrogens is 3. The minimum Gasteiger partial charge on any atom is -0.444 e. The van der Waals surface area contributed by atoms with Crippen molar-refractivity contribution in [2.45, 2.75) is 68.6 Å². The fraction of sp³-hybridized carbons (Fsp3) is 0.391. The Bertz CT molecular complexity index is 1330. The summed E-state index contributed by atoms with van der Waals surface area (Å²) in [6.45, 7) is 9.55. The highest BCUT2D eigenvalue weighted by molar-refractivity contribution is 8.00. The SMILES string of the molecule is CCC(Sc1nnc(CS(=O)(=O)c2ccc(C)cc2)n1CC)C(=O)Nc1oc(C)c(C)c1C#N. The van der Waals surface area contributed by atoms with Gasteiger partial charge in [0.1, 0.15) is 29.0 Å². The maximum Gasteiger partial charge on any atom is 0.240 e. The van der Waals surface area contributed by atoms with Crippen LogP contribution < -0.4 is 5.32 Å². The van der Waals surface area contributed by atoms with Gasteiger partial charge in [-0.1, -0.05) is 36.4 Å². The molecule has 3 rings (SSSR count). The van der Waals surface area contributed by atoms with Gasteiger partial charge in [0, 0.05) is 12.1 Å². The number of rotatable bonds is 9. The smallest absolute Gasteiger partial charge is 0.240 e. The maximum atomic E-state index is 12.9. The number of aryl methyl sites for hydroxylation is 2. The van der Waals surface area contributed by atoms with Gasteiger partial charge in [-0.2, -0.15) is 5.26 Å². The van der Waals surface area contributed by atoms with Crippen LogP contribution in [-0.4, -0.2) is 34.3 Å². The van der Waals surface area contributed by atoms with Crippen LogP contribution in [0.1, 0.15) is 48.5 Å². The van der Waals surface area contributed by atoms with E-state index in [1.807, 2.05) is 20.8 Å². The van der Waals surface area contributed by atoms with Crippen molar-refractivity contribution in [3.63, 3.8) is 0 Å². The molecule has 2 aromatic heterocycles. The van der Waals surface area contributed by atoms with Gasteiger partial charge in [0.2, 0.25) is 11.8 Å². The number of nitrogens with zero attached hydrogens (tertiary/aromatic N) is 4. The second-order valence-corrected chi connectivity index (χ2v) is 11.0. The number of furan rings is 1. The zero-order chi connectivity index (χ0) is 25.0. The number of hydrogen-bond acceptors (Lipinski definition) is 8. The highest BCUT2D eigenvalue weighted by atomic mass is 32.2. The Morgan fingerprint density at radius 1 is 1.21 bits per heavy atom. The predicted molar refractivity (Wildman–Crippen MR) is 129 cm³/mol. The van der Waals surface area contributed by atoms with Crippen LogP contribution in [0.2, 0.25) is 0 Å². The van der Waals surface area contributed by atoms with Crippen LogP contribution >= 0.6 is 11.8 Å². The molecule has 1 N–H and O–H groups in total. The summed E-state index contributed by atoms with van der Waals surface area (Å²) in [6, 6.07) is 8.73. The van der Waals surface area contributed by atoms with Gasteiger partial charge in [-0.25, -0.2) is 8.42 Å². The molecule has 0 bridgehead atoms. The highest BCUT2D eigenvalue weighted by Gasteiger charge is 2.26. The van der Waals surface area contributed by atoms with Gasteiger partial charge < -0.3 is 8.98 Å². The molecule has 0 saturated heterocycles. The number of nitrogens with one attached hydrogen (secondary N) is 1. The molecular weight excluding hydrogens is 474 g/mol. The first kappa shape index (κ1) is 25.5. The minimum absolute atomic E-state index is 0.128. The first-order valence-electron chi connectivity index (χ1n) is 10.8. The number of hydrogen-bond donors (Lipinski definition) is 1. The normalized spacial score (nSPS) is 12.4. The topological polar surface area (TPSA) is 131 Å². The van der Waals surface area contributed by atoms with Crippen molar-refractivity contribution in [2.75, 3.05) is 5.32 Å². The van der Waals surface area contributed by atoms with Crippen molar-refractivity contribution in [1.82, 2.24) is 14.8 Å². The van der Waals surface area contributed by atoms with E-state index in [0.29, 0.717) is 40.8 Å². The minimum atomic E-state index is -3.60. The molecule has 11 heteroatoms. The molecule has 1 unspecified atom stereocenters. The number of amides is 1. The van der Waals surface area contributed by atoms with Crippen molar-refractivity contribution in [3.05, 3.63) is 52.5 Å². The summed E-state index contributed by atoms with van der Waals surface area (Å²) in [5.41, 5.74) is 1.95. The number of thioether (sulfide) groups is 1. The van der Waals surface area contributed by atoms with E-state index in [4.69, 9.17) is 4.42 Å². The predicted octanol–water partition coefficient (Wildman–Crippen LogP) is 4.17. The summed E-state index contributed by atoms with van der Waals surface area (Å²) in [5.74, 6) is 0.375. The molecule has 0 aliphatic carbocycles. The lowest BCUT2D eigenvalue weighted by Gasteiger charge is -2.14. The van der Waals surface area contributed by atoms with E-state index in [0.717, 1.165) is 5.56 Å². The zero-order valence-electron chi connectivity index (χ0n) is 19.7. The molecule has 9 nitrogen and oxygen atoms in total. The second-order valence-electron chi connectivity index (χ2n) is 7.82. The van der Waals surface area contributed by atoms with E-state index in [-0.39, 0.29) is 22.4 Å². The third-order valence-electron chi connectivity index (χ3n) is 5.45. The number of sulfone groups is 1. The van der Waals surface area contributed by atoms with E-state index in [1.54, 1.807) is 42.7 Å². The average molecular weight is 502 g/mol. The Hall–Kier alpha value is -3.10. The van der Waals surface area contributed by atoms with E-state index < -0.39 is 15.1 Å². The summed E-state index contributed by atoms with van der Waals surface area (Å²) in [4.78, 5) is 13.2. The Balaban J connectivity index is 1.80. The lowest BCUT2D eigenvalue weighted by Crippen LogP contribution is -2.25. The van der Waals surface area contributed by atoms with Crippen molar-refractivity contribution in [1.29, 1.82) is 5.26 Å². The molecule has 2 heterocycles. The maximum absolute atomic E-state index is 12.9. The summed E-state index contributed by atoms with van der Waals surface area (Å²) in [5, 5.41) is 20.3. The monoisotopic (exact) mass is 501 g/mol. The first-order valence-corrected chi connectivity index (χ1v) is 13.3. The molecule has 0 fully saturated rings. The summed E-state index contributed by atoms with van der Waals surface area (Å²) in [6.07, 6.45) is 0.477. The molecule has 0 aliphatic rings. The Kier molecular flexibility index (Phi) is 7.84. The number of nitriles is 1. The molecule has 3 aromatic rings.